The lowest BCUT2D eigenvalue weighted by molar-refractivity contribution is 0.0768. The summed E-state index contributed by atoms with van der Waals surface area (Å²) >= 11 is 3.59. The first-order chi connectivity index (χ1) is 7.00. The van der Waals surface area contributed by atoms with Crippen LogP contribution < -0.4 is 0 Å². The van der Waals surface area contributed by atoms with E-state index in [1.165, 1.54) is 6.26 Å². The van der Waals surface area contributed by atoms with Crippen molar-refractivity contribution in [1.82, 2.24) is 10.1 Å². The smallest absolute Gasteiger partial charge is 0.276 e. The highest BCUT2D eigenvalue weighted by Gasteiger charge is 2.40. The molecule has 1 amide bonds. The first kappa shape index (κ1) is 10.7. The van der Waals surface area contributed by atoms with Crippen LogP contribution in [0.1, 0.15) is 24.3 Å². The largest absolute Gasteiger partial charge is 0.364 e. The first-order valence-corrected chi connectivity index (χ1v) is 5.76. The molecule has 1 saturated heterocycles. The average Bonchev–Trinajstić information content (AvgIpc) is 2.74. The summed E-state index contributed by atoms with van der Waals surface area (Å²) in [7, 11) is 0. The van der Waals surface area contributed by atoms with Gasteiger partial charge in [0.15, 0.2) is 5.69 Å². The van der Waals surface area contributed by atoms with Crippen LogP contribution >= 0.6 is 15.9 Å². The Morgan fingerprint density at radius 2 is 2.47 bits per heavy atom. The fourth-order valence-corrected chi connectivity index (χ4v) is 2.23. The summed E-state index contributed by atoms with van der Waals surface area (Å²) in [5, 5.41) is 3.65. The average molecular weight is 273 g/mol. The van der Waals surface area contributed by atoms with E-state index in [0.29, 0.717) is 10.5 Å². The van der Waals surface area contributed by atoms with Crippen LogP contribution in [0.15, 0.2) is 16.9 Å². The van der Waals surface area contributed by atoms with Crippen molar-refractivity contribution in [3.05, 3.63) is 18.0 Å². The lowest BCUT2D eigenvalue weighted by Crippen LogP contribution is -2.30. The maximum atomic E-state index is 11.9. The number of nitrogens with zero attached hydrogens (tertiary/aromatic N) is 2. The second-order valence-corrected chi connectivity index (χ2v) is 5.63. The van der Waals surface area contributed by atoms with Crippen LogP contribution in [0.5, 0.6) is 0 Å². The Bertz CT molecular complexity index is 362. The normalized spacial score (nSPS) is 24.5. The quantitative estimate of drug-likeness (QED) is 0.734. The molecule has 1 aromatic heterocycles. The Kier molecular flexibility index (Phi) is 2.58. The third-order valence-corrected chi connectivity index (χ3v) is 4.30. The minimum absolute atomic E-state index is 0.0567. The van der Waals surface area contributed by atoms with Gasteiger partial charge in [0.1, 0.15) is 6.26 Å². The maximum absolute atomic E-state index is 11.9. The Morgan fingerprint density at radius 1 is 1.73 bits per heavy atom. The molecule has 1 fully saturated rings. The molecular weight excluding hydrogens is 260 g/mol. The summed E-state index contributed by atoms with van der Waals surface area (Å²) < 4.78 is 4.66. The van der Waals surface area contributed by atoms with E-state index >= 15 is 0 Å². The van der Waals surface area contributed by atoms with Crippen molar-refractivity contribution in [1.29, 1.82) is 0 Å². The number of carbonyl (C=O) groups excluding carboxylic acids is 1. The Balaban J connectivity index is 2.12. The second kappa shape index (κ2) is 3.63. The Morgan fingerprint density at radius 3 is 2.93 bits per heavy atom. The lowest BCUT2D eigenvalue weighted by atomic mass is 9.93. The van der Waals surface area contributed by atoms with Crippen molar-refractivity contribution < 1.29 is 9.32 Å². The molecule has 15 heavy (non-hydrogen) atoms. The van der Waals surface area contributed by atoms with Crippen LogP contribution in [-0.4, -0.2) is 33.9 Å². The Labute approximate surface area is 96.7 Å². The van der Waals surface area contributed by atoms with Gasteiger partial charge in [-0.2, -0.15) is 0 Å². The molecular formula is C10H13BrN2O2. The number of hydrogen-bond acceptors (Lipinski definition) is 3. The highest BCUT2D eigenvalue weighted by molar-refractivity contribution is 9.09. The molecule has 4 nitrogen and oxygen atoms in total. The molecule has 2 heterocycles. The van der Waals surface area contributed by atoms with Crippen LogP contribution in [0, 0.1) is 5.41 Å². The number of likely N-dealkylation sites (tertiary alicyclic amines) is 1. The molecule has 0 saturated carbocycles. The molecule has 1 aliphatic rings. The van der Waals surface area contributed by atoms with E-state index in [-0.39, 0.29) is 11.3 Å². The molecule has 0 spiro atoms. The van der Waals surface area contributed by atoms with Gasteiger partial charge in [0, 0.05) is 24.0 Å². The van der Waals surface area contributed by atoms with Crippen molar-refractivity contribution >= 4 is 21.8 Å². The van der Waals surface area contributed by atoms with Crippen molar-refractivity contribution in [3.8, 4) is 0 Å². The van der Waals surface area contributed by atoms with Crippen LogP contribution in [0.2, 0.25) is 0 Å². The SMILES string of the molecule is CC1(C)CN(C(=O)c2ccon2)CC1Br. The molecule has 1 unspecified atom stereocenters. The van der Waals surface area contributed by atoms with Crippen molar-refractivity contribution in [2.24, 2.45) is 5.41 Å². The van der Waals surface area contributed by atoms with Gasteiger partial charge in [-0.25, -0.2) is 0 Å². The minimum Gasteiger partial charge on any atom is -0.364 e. The topological polar surface area (TPSA) is 46.3 Å². The molecule has 5 heteroatoms. The van der Waals surface area contributed by atoms with Crippen LogP contribution in [-0.2, 0) is 0 Å². The summed E-state index contributed by atoms with van der Waals surface area (Å²) in [6.07, 6.45) is 1.42. The second-order valence-electron chi connectivity index (χ2n) is 4.53. The monoisotopic (exact) mass is 272 g/mol. The van der Waals surface area contributed by atoms with E-state index in [1.807, 2.05) is 0 Å². The van der Waals surface area contributed by atoms with Gasteiger partial charge in [0.2, 0.25) is 0 Å². The molecule has 0 N–H and O–H groups in total. The third kappa shape index (κ3) is 1.93. The van der Waals surface area contributed by atoms with Gasteiger partial charge in [0.25, 0.3) is 5.91 Å². The lowest BCUT2D eigenvalue weighted by Gasteiger charge is -2.20. The number of aromatic nitrogens is 1. The minimum atomic E-state index is -0.0567. The third-order valence-electron chi connectivity index (χ3n) is 2.77. The maximum Gasteiger partial charge on any atom is 0.276 e. The molecule has 1 aromatic rings. The predicted octanol–water partition coefficient (Wildman–Crippen LogP) is 1.92. The van der Waals surface area contributed by atoms with Crippen LogP contribution in [0.25, 0.3) is 0 Å². The molecule has 2 rings (SSSR count). The molecule has 0 radical (unpaired) electrons. The van der Waals surface area contributed by atoms with Gasteiger partial charge in [-0.05, 0) is 5.41 Å². The number of carbonyl (C=O) groups is 1. The summed E-state index contributed by atoms with van der Waals surface area (Å²) in [5.41, 5.74) is 0.492. The van der Waals surface area contributed by atoms with E-state index < -0.39 is 0 Å². The van der Waals surface area contributed by atoms with Gasteiger partial charge in [-0.1, -0.05) is 34.9 Å². The first-order valence-electron chi connectivity index (χ1n) is 4.84. The van der Waals surface area contributed by atoms with E-state index in [0.717, 1.165) is 13.1 Å². The zero-order valence-corrected chi connectivity index (χ0v) is 10.3. The number of halogens is 1. The fraction of sp³-hybridized carbons (Fsp3) is 0.600. The predicted molar refractivity (Wildman–Crippen MR) is 58.9 cm³/mol. The highest BCUT2D eigenvalue weighted by Crippen LogP contribution is 2.35. The number of alkyl halides is 1. The van der Waals surface area contributed by atoms with E-state index in [1.54, 1.807) is 11.0 Å². The molecule has 0 bridgehead atoms. The Hall–Kier alpha value is -0.840. The van der Waals surface area contributed by atoms with Crippen LogP contribution in [0.4, 0.5) is 0 Å². The summed E-state index contributed by atoms with van der Waals surface area (Å²) in [6, 6.07) is 1.59. The van der Waals surface area contributed by atoms with Gasteiger partial charge >= 0.3 is 0 Å². The summed E-state index contributed by atoms with van der Waals surface area (Å²) in [6.45, 7) is 5.75. The van der Waals surface area contributed by atoms with Gasteiger partial charge in [-0.3, -0.25) is 4.79 Å². The van der Waals surface area contributed by atoms with E-state index in [2.05, 4.69) is 39.5 Å². The molecule has 1 atom stereocenters. The molecule has 0 aliphatic carbocycles. The summed E-state index contributed by atoms with van der Waals surface area (Å²) in [4.78, 5) is 14.1. The summed E-state index contributed by atoms with van der Waals surface area (Å²) in [5.74, 6) is -0.0567. The zero-order chi connectivity index (χ0) is 11.1. The van der Waals surface area contributed by atoms with Crippen molar-refractivity contribution in [3.63, 3.8) is 0 Å². The number of hydrogen-bond donors (Lipinski definition) is 0. The number of amides is 1. The van der Waals surface area contributed by atoms with E-state index in [4.69, 9.17) is 0 Å². The van der Waals surface area contributed by atoms with Gasteiger partial charge < -0.3 is 9.42 Å². The standard InChI is InChI=1S/C10H13BrN2O2/c1-10(2)6-13(5-8(10)11)9(14)7-3-4-15-12-7/h3-4,8H,5-6H2,1-2H3. The van der Waals surface area contributed by atoms with Crippen molar-refractivity contribution in [2.75, 3.05) is 13.1 Å². The number of rotatable bonds is 1. The highest BCUT2D eigenvalue weighted by atomic mass is 79.9. The molecule has 1 aliphatic heterocycles. The molecule has 0 aromatic carbocycles. The van der Waals surface area contributed by atoms with Crippen LogP contribution in [0.3, 0.4) is 0 Å². The van der Waals surface area contributed by atoms with Gasteiger partial charge in [0.05, 0.1) is 0 Å². The van der Waals surface area contributed by atoms with Gasteiger partial charge in [-0.15, -0.1) is 0 Å². The fourth-order valence-electron chi connectivity index (χ4n) is 1.74. The molecule has 82 valence electrons. The van der Waals surface area contributed by atoms with E-state index in [9.17, 15) is 4.79 Å². The zero-order valence-electron chi connectivity index (χ0n) is 8.74. The van der Waals surface area contributed by atoms with Crippen molar-refractivity contribution in [2.45, 2.75) is 18.7 Å².